The number of fused-ring (bicyclic) bond motifs is 1. The Morgan fingerprint density at radius 3 is 3.29 bits per heavy atom. The van der Waals surface area contributed by atoms with Crippen LogP contribution >= 0.6 is 11.3 Å². The normalized spacial score (nSPS) is 13.2. The van der Waals surface area contributed by atoms with E-state index in [4.69, 9.17) is 5.73 Å². The second-order valence-electron chi connectivity index (χ2n) is 3.31. The fourth-order valence-electron chi connectivity index (χ4n) is 1.44. The maximum absolute atomic E-state index is 5.89. The quantitative estimate of drug-likeness (QED) is 0.777. The maximum Gasteiger partial charge on any atom is 0.193 e. The molecule has 3 nitrogen and oxygen atoms in total. The minimum atomic E-state index is 0.136. The molecule has 2 heterocycles. The van der Waals surface area contributed by atoms with Crippen molar-refractivity contribution in [3.63, 3.8) is 0 Å². The number of rotatable bonds is 4. The van der Waals surface area contributed by atoms with Crippen molar-refractivity contribution in [3.05, 3.63) is 36.1 Å². The SMILES string of the molecule is C=CCC(N)Cc1cn2ccsc2n1. The van der Waals surface area contributed by atoms with Crippen LogP contribution in [0.25, 0.3) is 4.96 Å². The van der Waals surface area contributed by atoms with E-state index in [1.54, 1.807) is 11.3 Å². The van der Waals surface area contributed by atoms with E-state index in [0.29, 0.717) is 0 Å². The Balaban J connectivity index is 2.11. The summed E-state index contributed by atoms with van der Waals surface area (Å²) in [5.74, 6) is 0. The Morgan fingerprint density at radius 2 is 2.57 bits per heavy atom. The van der Waals surface area contributed by atoms with E-state index in [1.807, 2.05) is 28.3 Å². The highest BCUT2D eigenvalue weighted by Crippen LogP contribution is 2.12. The number of hydrogen-bond acceptors (Lipinski definition) is 3. The highest BCUT2D eigenvalue weighted by atomic mass is 32.1. The Morgan fingerprint density at radius 1 is 1.71 bits per heavy atom. The molecule has 0 spiro atoms. The molecule has 0 aliphatic rings. The molecule has 0 radical (unpaired) electrons. The third-order valence-electron chi connectivity index (χ3n) is 2.08. The van der Waals surface area contributed by atoms with Gasteiger partial charge in [0.15, 0.2) is 4.96 Å². The molecule has 74 valence electrons. The minimum Gasteiger partial charge on any atom is -0.327 e. The van der Waals surface area contributed by atoms with Crippen LogP contribution in [-0.2, 0) is 6.42 Å². The molecule has 4 heteroatoms. The molecule has 2 aromatic rings. The Kier molecular flexibility index (Phi) is 2.65. The van der Waals surface area contributed by atoms with Crippen molar-refractivity contribution in [2.24, 2.45) is 5.73 Å². The van der Waals surface area contributed by atoms with Gasteiger partial charge in [0.25, 0.3) is 0 Å². The first-order valence-corrected chi connectivity index (χ1v) is 5.45. The first kappa shape index (κ1) is 9.43. The summed E-state index contributed by atoms with van der Waals surface area (Å²) in [6, 6.07) is 0.136. The molecule has 0 fully saturated rings. The molecular formula is C10H13N3S. The number of hydrogen-bond donors (Lipinski definition) is 1. The molecule has 0 bridgehead atoms. The van der Waals surface area contributed by atoms with E-state index in [0.717, 1.165) is 23.5 Å². The van der Waals surface area contributed by atoms with Crippen molar-refractivity contribution in [1.29, 1.82) is 0 Å². The second-order valence-corrected chi connectivity index (χ2v) is 4.19. The number of nitrogens with zero attached hydrogens (tertiary/aromatic N) is 2. The summed E-state index contributed by atoms with van der Waals surface area (Å²) in [6.45, 7) is 3.67. The topological polar surface area (TPSA) is 43.3 Å². The monoisotopic (exact) mass is 207 g/mol. The smallest absolute Gasteiger partial charge is 0.193 e. The van der Waals surface area contributed by atoms with Crippen molar-refractivity contribution in [3.8, 4) is 0 Å². The highest BCUT2D eigenvalue weighted by Gasteiger charge is 2.06. The van der Waals surface area contributed by atoms with Gasteiger partial charge in [-0.3, -0.25) is 4.40 Å². The van der Waals surface area contributed by atoms with Gasteiger partial charge in [0.05, 0.1) is 5.69 Å². The summed E-state index contributed by atoms with van der Waals surface area (Å²) < 4.78 is 2.03. The van der Waals surface area contributed by atoms with Gasteiger partial charge in [-0.25, -0.2) is 4.98 Å². The third kappa shape index (κ3) is 1.86. The molecule has 0 saturated carbocycles. The summed E-state index contributed by atoms with van der Waals surface area (Å²) in [4.78, 5) is 5.50. The van der Waals surface area contributed by atoms with Crippen LogP contribution in [0.15, 0.2) is 30.4 Å². The van der Waals surface area contributed by atoms with Crippen LogP contribution in [-0.4, -0.2) is 15.4 Å². The van der Waals surface area contributed by atoms with Crippen LogP contribution in [0.3, 0.4) is 0 Å². The largest absolute Gasteiger partial charge is 0.327 e. The molecule has 2 N–H and O–H groups in total. The Labute approximate surface area is 86.9 Å². The van der Waals surface area contributed by atoms with Gasteiger partial charge in [-0.1, -0.05) is 6.08 Å². The van der Waals surface area contributed by atoms with Crippen molar-refractivity contribution >= 4 is 16.3 Å². The van der Waals surface area contributed by atoms with Crippen LogP contribution in [0.2, 0.25) is 0 Å². The third-order valence-corrected chi connectivity index (χ3v) is 2.85. The van der Waals surface area contributed by atoms with Crippen LogP contribution in [0.4, 0.5) is 0 Å². The van der Waals surface area contributed by atoms with Gasteiger partial charge in [0.1, 0.15) is 0 Å². The standard InChI is InChI=1S/C10H13N3S/c1-2-3-8(11)6-9-7-13-4-5-14-10(13)12-9/h2,4-5,7-8H,1,3,6,11H2. The fraction of sp³-hybridized carbons (Fsp3) is 0.300. The van der Waals surface area contributed by atoms with Gasteiger partial charge in [-0.2, -0.15) is 0 Å². The van der Waals surface area contributed by atoms with E-state index in [-0.39, 0.29) is 6.04 Å². The van der Waals surface area contributed by atoms with Crippen LogP contribution in [0, 0.1) is 0 Å². The molecule has 1 unspecified atom stereocenters. The summed E-state index contributed by atoms with van der Waals surface area (Å²) in [5.41, 5.74) is 6.95. The van der Waals surface area contributed by atoms with E-state index < -0.39 is 0 Å². The van der Waals surface area contributed by atoms with Gasteiger partial charge in [-0.15, -0.1) is 17.9 Å². The van der Waals surface area contributed by atoms with Crippen molar-refractivity contribution in [2.45, 2.75) is 18.9 Å². The predicted molar refractivity (Wildman–Crippen MR) is 59.6 cm³/mol. The molecule has 1 atom stereocenters. The van der Waals surface area contributed by atoms with E-state index >= 15 is 0 Å². The van der Waals surface area contributed by atoms with Gasteiger partial charge in [-0.05, 0) is 6.42 Å². The lowest BCUT2D eigenvalue weighted by Gasteiger charge is -2.04. The van der Waals surface area contributed by atoms with Crippen molar-refractivity contribution < 1.29 is 0 Å². The maximum atomic E-state index is 5.89. The molecule has 2 rings (SSSR count). The number of aromatic nitrogens is 2. The minimum absolute atomic E-state index is 0.136. The average Bonchev–Trinajstić information content (AvgIpc) is 2.63. The lowest BCUT2D eigenvalue weighted by Crippen LogP contribution is -2.21. The number of nitrogens with two attached hydrogens (primary N) is 1. The Hall–Kier alpha value is -1.13. The zero-order valence-corrected chi connectivity index (χ0v) is 8.70. The number of thiazole rings is 1. The van der Waals surface area contributed by atoms with E-state index in [2.05, 4.69) is 11.6 Å². The zero-order chi connectivity index (χ0) is 9.97. The molecule has 0 aliphatic carbocycles. The molecule has 0 amide bonds. The molecule has 0 saturated heterocycles. The molecule has 0 aromatic carbocycles. The molecule has 2 aromatic heterocycles. The molecule has 0 aliphatic heterocycles. The van der Waals surface area contributed by atoms with Crippen LogP contribution in [0.5, 0.6) is 0 Å². The Bertz CT molecular complexity index is 401. The first-order chi connectivity index (χ1) is 6.79. The van der Waals surface area contributed by atoms with E-state index in [1.165, 1.54) is 0 Å². The summed E-state index contributed by atoms with van der Waals surface area (Å²) in [6.07, 6.45) is 7.55. The average molecular weight is 207 g/mol. The van der Waals surface area contributed by atoms with Crippen LogP contribution in [0.1, 0.15) is 12.1 Å². The second kappa shape index (κ2) is 3.94. The lowest BCUT2D eigenvalue weighted by molar-refractivity contribution is 0.670. The lowest BCUT2D eigenvalue weighted by atomic mass is 10.1. The predicted octanol–water partition coefficient (Wildman–Crippen LogP) is 1.84. The summed E-state index contributed by atoms with van der Waals surface area (Å²) in [7, 11) is 0. The van der Waals surface area contributed by atoms with Crippen molar-refractivity contribution in [1.82, 2.24) is 9.38 Å². The van der Waals surface area contributed by atoms with Gasteiger partial charge < -0.3 is 5.73 Å². The number of imidazole rings is 1. The highest BCUT2D eigenvalue weighted by molar-refractivity contribution is 7.15. The summed E-state index contributed by atoms with van der Waals surface area (Å²) in [5, 5.41) is 2.02. The zero-order valence-electron chi connectivity index (χ0n) is 7.89. The summed E-state index contributed by atoms with van der Waals surface area (Å²) >= 11 is 1.64. The molecule has 14 heavy (non-hydrogen) atoms. The van der Waals surface area contributed by atoms with Crippen molar-refractivity contribution in [2.75, 3.05) is 0 Å². The molecular weight excluding hydrogens is 194 g/mol. The van der Waals surface area contributed by atoms with Gasteiger partial charge in [0, 0.05) is 30.2 Å². The van der Waals surface area contributed by atoms with E-state index in [9.17, 15) is 0 Å². The van der Waals surface area contributed by atoms with Crippen LogP contribution < -0.4 is 5.73 Å². The fourth-order valence-corrected chi connectivity index (χ4v) is 2.16. The first-order valence-electron chi connectivity index (χ1n) is 4.57. The van der Waals surface area contributed by atoms with Gasteiger partial charge in [0.2, 0.25) is 0 Å². The van der Waals surface area contributed by atoms with Gasteiger partial charge >= 0.3 is 0 Å².